The van der Waals surface area contributed by atoms with Crippen molar-refractivity contribution in [3.05, 3.63) is 310 Å². The number of halogens is 6. The second-order valence-corrected chi connectivity index (χ2v) is 30.0. The van der Waals surface area contributed by atoms with E-state index in [0.717, 1.165) is 86.6 Å². The van der Waals surface area contributed by atoms with Gasteiger partial charge < -0.3 is 79.2 Å². The van der Waals surface area contributed by atoms with E-state index in [4.69, 9.17) is 40.0 Å². The molecule has 1 aliphatic rings. The van der Waals surface area contributed by atoms with Gasteiger partial charge in [-0.25, -0.2) is 73.4 Å². The van der Waals surface area contributed by atoms with Crippen molar-refractivity contribution in [2.45, 2.75) is 85.6 Å². The molecule has 6 aromatic carbocycles. The summed E-state index contributed by atoms with van der Waals surface area (Å²) in [6.45, 7) is 5.77. The third kappa shape index (κ3) is 28.1. The maximum atomic E-state index is 14.5. The standard InChI is InChI=1S/C15H14FN6O2.C14H14FN6O2.2C13H12FN6O2.C12H9ClN5O2S.C12H9FN5O2S.6Y/c1-21-15(23)22(20-19-21)14-11(8-24-13-6-7-17-18-13)10(9-2-3-9)4-5-12(14)16;1-3-9-4-5-11(15)13(21-14(22)20(2)18-19-21)10(9)8-23-12-6-7-16-17-12;2*1-8-3-4-10(14)12(20-13(21)19(2)17-18-20)9(8)7-22-11-5-6-15-16-11;2*1-17-12(19)18(16-15-17)10-4-2-3-9(13)8(10)7-20-11-14-5-6-21-11;;;;;;/h4-7,9H,2-3,8H2,1H3;4-7H,3,8H2,1-2H3;2*3-6H,7H2,1-2H3;2*2-4,6H,7H2,1H3;;;;;;/q6*-1;;;;;;. The Balaban J connectivity index is 0.000000203. The number of ether oxygens (including phenoxy) is 6. The van der Waals surface area contributed by atoms with Gasteiger partial charge in [-0.05, 0) is 197 Å². The Morgan fingerprint density at radius 2 is 0.669 bits per heavy atom. The average Bonchev–Trinajstić information content (AvgIpc) is 1.67. The zero-order valence-electron chi connectivity index (χ0n) is 74.5. The van der Waals surface area contributed by atoms with E-state index in [2.05, 4.69) is 126 Å². The molecule has 139 heavy (non-hydrogen) atoms. The predicted molar refractivity (Wildman–Crippen MR) is 453 cm³/mol. The molecule has 18 aromatic rings. The van der Waals surface area contributed by atoms with Crippen LogP contribution in [0.25, 0.3) is 34.1 Å². The van der Waals surface area contributed by atoms with Crippen molar-refractivity contribution in [1.82, 2.24) is 169 Å². The van der Waals surface area contributed by atoms with Gasteiger partial charge in [-0.1, -0.05) is 65.7 Å². The first-order valence-corrected chi connectivity index (χ1v) is 41.2. The van der Waals surface area contributed by atoms with Crippen LogP contribution in [0.1, 0.15) is 81.3 Å². The van der Waals surface area contributed by atoms with Gasteiger partial charge in [0.05, 0.1) is 24.6 Å². The molecule has 6 radical (unpaired) electrons. The maximum Gasteiger partial charge on any atom is 0.368 e. The molecule has 1 fully saturated rings. The largest absolute Gasteiger partial charge is 0.579 e. The van der Waals surface area contributed by atoms with E-state index in [1.165, 1.54) is 131 Å². The normalized spacial score (nSPS) is 10.9. The first kappa shape index (κ1) is 114. The summed E-state index contributed by atoms with van der Waals surface area (Å²) in [6, 6.07) is 27.8. The fraction of sp³-hybridized carbons (Fsp3) is 0.241. The number of aromatic nitrogens is 34. The molecule has 12 heterocycles. The maximum absolute atomic E-state index is 14.5. The van der Waals surface area contributed by atoms with Crippen LogP contribution in [0.4, 0.5) is 22.0 Å². The molecule has 0 unspecified atom stereocenters. The number of thiazole rings is 2. The molecule has 12 aromatic heterocycles. The second kappa shape index (κ2) is 53.7. The second-order valence-electron chi connectivity index (χ2n) is 28.0. The molecule has 0 N–H and O–H groups in total. The Kier molecular flexibility index (Phi) is 44.2. The molecule has 0 saturated heterocycles. The van der Waals surface area contributed by atoms with Crippen LogP contribution in [0.3, 0.4) is 0 Å². The van der Waals surface area contributed by atoms with Gasteiger partial charge in [0.15, 0.2) is 23.5 Å². The fourth-order valence-electron chi connectivity index (χ4n) is 12.5. The van der Waals surface area contributed by atoms with Gasteiger partial charge in [0.1, 0.15) is 88.7 Å². The van der Waals surface area contributed by atoms with Crippen LogP contribution in [0.2, 0.25) is 5.02 Å². The van der Waals surface area contributed by atoms with Crippen LogP contribution in [-0.4, -0.2) is 149 Å². The molecule has 1 saturated carbocycles. The van der Waals surface area contributed by atoms with Crippen LogP contribution in [0, 0.1) is 55.3 Å². The van der Waals surface area contributed by atoms with E-state index in [1.807, 2.05) is 6.92 Å². The molecule has 0 bridgehead atoms. The minimum Gasteiger partial charge on any atom is -0.579 e. The molecular formula is C79H70ClF5N34O12S2Y6-6. The molecule has 19 rings (SSSR count). The van der Waals surface area contributed by atoms with Crippen LogP contribution in [0.15, 0.2) is 174 Å². The fourth-order valence-corrected chi connectivity index (χ4v) is 13.6. The summed E-state index contributed by atoms with van der Waals surface area (Å²) in [6.07, 6.45) is 14.0. The third-order valence-electron chi connectivity index (χ3n) is 19.4. The summed E-state index contributed by atoms with van der Waals surface area (Å²) >= 11 is 8.77. The van der Waals surface area contributed by atoms with Crippen LogP contribution in [0.5, 0.6) is 33.9 Å². The van der Waals surface area contributed by atoms with Crippen molar-refractivity contribution in [3.8, 4) is 68.0 Å². The van der Waals surface area contributed by atoms with E-state index in [9.17, 15) is 50.7 Å². The van der Waals surface area contributed by atoms with Crippen LogP contribution in [-0.2, 0) is 285 Å². The van der Waals surface area contributed by atoms with Crippen molar-refractivity contribution in [2.75, 3.05) is 0 Å². The molecule has 0 spiro atoms. The van der Waals surface area contributed by atoms with E-state index >= 15 is 0 Å². The molecular weight excluding hydrogens is 2350 g/mol. The van der Waals surface area contributed by atoms with Gasteiger partial charge in [0.25, 0.3) is 0 Å². The van der Waals surface area contributed by atoms with Crippen molar-refractivity contribution in [3.63, 3.8) is 0 Å². The van der Waals surface area contributed by atoms with Crippen molar-refractivity contribution in [1.29, 1.82) is 0 Å². The molecule has 0 aliphatic heterocycles. The zero-order chi connectivity index (χ0) is 94.1. The smallest absolute Gasteiger partial charge is 0.368 e. The molecule has 706 valence electrons. The van der Waals surface area contributed by atoms with Crippen LogP contribution < -0.4 is 83.0 Å². The number of tetrazole rings is 6. The van der Waals surface area contributed by atoms with Gasteiger partial charge in [-0.2, -0.15) is 81.0 Å². The molecule has 0 amide bonds. The van der Waals surface area contributed by atoms with Crippen molar-refractivity contribution < 1.29 is 247 Å². The monoisotopic (exact) mass is 2410 g/mol. The predicted octanol–water partition coefficient (Wildman–Crippen LogP) is 4.58. The molecule has 60 heteroatoms. The van der Waals surface area contributed by atoms with Crippen molar-refractivity contribution in [2.24, 2.45) is 42.3 Å². The first-order chi connectivity index (χ1) is 64.2. The van der Waals surface area contributed by atoms with Gasteiger partial charge >= 0.3 is 34.1 Å². The summed E-state index contributed by atoms with van der Waals surface area (Å²) in [4.78, 5) is 79.8. The SMILES string of the molecule is CCc1ccc(F)c(-n2nnn(C)c2=O)c1COc1cc[n-]n1.Cc1ccc(F)c(-n2nnn(C)c2=O)c1COc1cc[n-]n1.Cc1ccc(F)c(-n2nnn(C)c2=O)c1COc1cc[n-]n1.Cn1nnn(-c2c(F)ccc(C3CC3)c2COc2cc[n-]n2)c1=O.Cn1nnn(-c2cccc(Cl)c2COc2n[c-]cs2)c1=O.Cn1nnn(-c2cccc(F)c2COc2n[c-]cs2)c1=O.[Y].[Y].[Y].[Y].[Y].[Y]. The Bertz CT molecular complexity index is 7110. The number of nitrogens with zero attached hydrogens (tertiary/aromatic N) is 34. The number of hydrogen-bond acceptors (Lipinski definition) is 32. The number of rotatable bonds is 26. The minimum atomic E-state index is -0.583. The van der Waals surface area contributed by atoms with E-state index < -0.39 is 57.5 Å². The zero-order valence-corrected chi connectivity index (χ0v) is 93.9. The quantitative estimate of drug-likeness (QED) is 0.0528. The van der Waals surface area contributed by atoms with Gasteiger partial charge in [0, 0.05) is 277 Å². The topological polar surface area (TPSA) is 505 Å². The van der Waals surface area contributed by atoms with Crippen LogP contribution >= 0.6 is 34.3 Å². The summed E-state index contributed by atoms with van der Waals surface area (Å²) in [5.41, 5.74) is 4.28. The Hall–Kier alpha value is -10.00. The summed E-state index contributed by atoms with van der Waals surface area (Å²) in [5, 5.41) is 78.5. The molecule has 46 nitrogen and oxygen atoms in total. The average molecular weight is 2420 g/mol. The molecule has 1 aliphatic carbocycles. The Labute approximate surface area is 944 Å². The first-order valence-electron chi connectivity index (χ1n) is 39.1. The van der Waals surface area contributed by atoms with E-state index in [0.29, 0.717) is 84.8 Å². The number of aryl methyl sites for hydroxylation is 9. The van der Waals surface area contributed by atoms with E-state index in [-0.39, 0.29) is 276 Å². The number of hydrogen-bond donors (Lipinski definition) is 0. The Morgan fingerprint density at radius 3 is 1.00 bits per heavy atom. The molecule has 0 atom stereocenters. The minimum absolute atomic E-state index is 0. The Morgan fingerprint density at radius 1 is 0.360 bits per heavy atom. The van der Waals surface area contributed by atoms with Gasteiger partial charge in [0.2, 0.25) is 0 Å². The van der Waals surface area contributed by atoms with Gasteiger partial charge in [-0.3, -0.25) is 0 Å². The van der Waals surface area contributed by atoms with Crippen molar-refractivity contribution >= 4 is 34.3 Å². The number of benzene rings is 6. The van der Waals surface area contributed by atoms with E-state index in [1.54, 1.807) is 97.4 Å². The summed E-state index contributed by atoms with van der Waals surface area (Å²) < 4.78 is 117. The van der Waals surface area contributed by atoms with Gasteiger partial charge in [-0.15, -0.1) is 12.4 Å². The third-order valence-corrected chi connectivity index (χ3v) is 21.0. The summed E-state index contributed by atoms with van der Waals surface area (Å²) in [5.74, 6) is -1.12. The summed E-state index contributed by atoms with van der Waals surface area (Å²) in [7, 11) is 8.78.